The molecule has 16 heavy (non-hydrogen) atoms. The first kappa shape index (κ1) is 10.9. The molecule has 2 rings (SSSR count). The maximum atomic E-state index is 5.64. The molecule has 1 aromatic carbocycles. The van der Waals surface area contributed by atoms with Gasteiger partial charge in [0, 0.05) is 5.56 Å². The van der Waals surface area contributed by atoms with E-state index in [0.29, 0.717) is 0 Å². The molecule has 0 amide bonds. The fraction of sp³-hybridized carbons (Fsp3) is 0.231. The van der Waals surface area contributed by atoms with Crippen molar-refractivity contribution >= 4 is 0 Å². The Hall–Kier alpha value is -1.58. The third kappa shape index (κ3) is 1.87. The molecular formula is C13H16N2O. The van der Waals surface area contributed by atoms with Crippen LogP contribution in [0.25, 0.3) is 0 Å². The highest BCUT2D eigenvalue weighted by molar-refractivity contribution is 5.40. The van der Waals surface area contributed by atoms with Crippen molar-refractivity contribution in [3.63, 3.8) is 0 Å². The molecule has 0 bridgehead atoms. The van der Waals surface area contributed by atoms with Crippen molar-refractivity contribution in [2.45, 2.75) is 19.9 Å². The van der Waals surface area contributed by atoms with E-state index in [9.17, 15) is 0 Å². The predicted octanol–water partition coefficient (Wildman–Crippen LogP) is 2.45. The Morgan fingerprint density at radius 3 is 2.38 bits per heavy atom. The van der Waals surface area contributed by atoms with Gasteiger partial charge in [-0.05, 0) is 36.6 Å². The Bertz CT molecular complexity index is 443. The van der Waals surface area contributed by atoms with Crippen LogP contribution in [0.1, 0.15) is 28.3 Å². The molecule has 0 fully saturated rings. The summed E-state index contributed by atoms with van der Waals surface area (Å²) in [7, 11) is 0. The van der Waals surface area contributed by atoms with Crippen LogP contribution in [0.2, 0.25) is 0 Å². The summed E-state index contributed by atoms with van der Waals surface area (Å²) in [5.41, 5.74) is 7.55. The Morgan fingerprint density at radius 1 is 1.19 bits per heavy atom. The molecule has 84 valence electrons. The molecule has 1 heterocycles. The van der Waals surface area contributed by atoms with Crippen LogP contribution in [0, 0.1) is 13.8 Å². The molecule has 0 saturated carbocycles. The quantitative estimate of drug-likeness (QED) is 0.612. The third-order valence-corrected chi connectivity index (χ3v) is 2.87. The highest BCUT2D eigenvalue weighted by Gasteiger charge is 2.17. The number of nitrogens with two attached hydrogens (primary N) is 1. The van der Waals surface area contributed by atoms with Gasteiger partial charge < -0.3 is 4.42 Å². The van der Waals surface area contributed by atoms with Crippen LogP contribution in [0.3, 0.4) is 0 Å². The van der Waals surface area contributed by atoms with Crippen molar-refractivity contribution in [3.8, 4) is 0 Å². The topological polar surface area (TPSA) is 51.2 Å². The third-order valence-electron chi connectivity index (χ3n) is 2.87. The van der Waals surface area contributed by atoms with E-state index in [-0.39, 0.29) is 6.04 Å². The van der Waals surface area contributed by atoms with Crippen LogP contribution >= 0.6 is 0 Å². The Labute approximate surface area is 95.2 Å². The number of hydrogen-bond donors (Lipinski definition) is 2. The fourth-order valence-corrected chi connectivity index (χ4v) is 2.07. The van der Waals surface area contributed by atoms with Crippen molar-refractivity contribution in [2.24, 2.45) is 5.84 Å². The van der Waals surface area contributed by atoms with Gasteiger partial charge in [0.2, 0.25) is 0 Å². The number of nitrogens with one attached hydrogen (secondary N) is 1. The van der Waals surface area contributed by atoms with E-state index in [4.69, 9.17) is 10.3 Å². The number of aryl methyl sites for hydroxylation is 2. The molecule has 2 aromatic rings. The van der Waals surface area contributed by atoms with E-state index in [2.05, 4.69) is 37.5 Å². The zero-order valence-corrected chi connectivity index (χ0v) is 9.53. The molecule has 0 radical (unpaired) electrons. The van der Waals surface area contributed by atoms with E-state index in [0.717, 1.165) is 5.56 Å². The lowest BCUT2D eigenvalue weighted by Gasteiger charge is -2.19. The van der Waals surface area contributed by atoms with E-state index < -0.39 is 0 Å². The van der Waals surface area contributed by atoms with Gasteiger partial charge in [0.25, 0.3) is 0 Å². The summed E-state index contributed by atoms with van der Waals surface area (Å²) >= 11 is 0. The summed E-state index contributed by atoms with van der Waals surface area (Å²) in [6, 6.07) is 8.15. The molecular weight excluding hydrogens is 200 g/mol. The van der Waals surface area contributed by atoms with Crippen LogP contribution in [-0.4, -0.2) is 0 Å². The minimum Gasteiger partial charge on any atom is -0.472 e. The van der Waals surface area contributed by atoms with E-state index in [1.165, 1.54) is 16.7 Å². The van der Waals surface area contributed by atoms with Crippen molar-refractivity contribution in [2.75, 3.05) is 0 Å². The molecule has 0 spiro atoms. The summed E-state index contributed by atoms with van der Waals surface area (Å²) < 4.78 is 5.10. The van der Waals surface area contributed by atoms with E-state index in [1.807, 2.05) is 6.07 Å². The van der Waals surface area contributed by atoms with Gasteiger partial charge in [-0.15, -0.1) is 0 Å². The van der Waals surface area contributed by atoms with Gasteiger partial charge in [-0.2, -0.15) is 0 Å². The van der Waals surface area contributed by atoms with Gasteiger partial charge >= 0.3 is 0 Å². The standard InChI is InChI=1S/C13H16N2O/c1-9-4-3-5-10(2)12(9)13(15-14)11-6-7-16-8-11/h3-8,13,15H,14H2,1-2H3. The predicted molar refractivity (Wildman–Crippen MR) is 63.8 cm³/mol. The van der Waals surface area contributed by atoms with Gasteiger partial charge in [-0.3, -0.25) is 5.84 Å². The first-order chi connectivity index (χ1) is 7.74. The van der Waals surface area contributed by atoms with Crippen molar-refractivity contribution in [1.82, 2.24) is 5.43 Å². The molecule has 0 aliphatic carbocycles. The summed E-state index contributed by atoms with van der Waals surface area (Å²) in [4.78, 5) is 0. The lowest BCUT2D eigenvalue weighted by molar-refractivity contribution is 0.552. The van der Waals surface area contributed by atoms with Crippen LogP contribution in [0.15, 0.2) is 41.2 Å². The van der Waals surface area contributed by atoms with Crippen molar-refractivity contribution in [1.29, 1.82) is 0 Å². The number of hydrogen-bond acceptors (Lipinski definition) is 3. The smallest absolute Gasteiger partial charge is 0.0954 e. The number of rotatable bonds is 3. The molecule has 3 nitrogen and oxygen atoms in total. The number of hydrazine groups is 1. The lowest BCUT2D eigenvalue weighted by Crippen LogP contribution is -2.29. The summed E-state index contributed by atoms with van der Waals surface area (Å²) in [5.74, 6) is 5.64. The molecule has 0 aliphatic heterocycles. The van der Waals surface area contributed by atoms with Gasteiger partial charge in [-0.1, -0.05) is 18.2 Å². The first-order valence-corrected chi connectivity index (χ1v) is 5.28. The van der Waals surface area contributed by atoms with Crippen LogP contribution in [-0.2, 0) is 0 Å². The molecule has 1 aromatic heterocycles. The minimum atomic E-state index is -0.0139. The molecule has 1 atom stereocenters. The number of furan rings is 1. The maximum Gasteiger partial charge on any atom is 0.0954 e. The first-order valence-electron chi connectivity index (χ1n) is 5.28. The zero-order chi connectivity index (χ0) is 11.5. The molecule has 1 unspecified atom stereocenters. The van der Waals surface area contributed by atoms with Gasteiger partial charge in [0.15, 0.2) is 0 Å². The average molecular weight is 216 g/mol. The highest BCUT2D eigenvalue weighted by Crippen LogP contribution is 2.27. The summed E-state index contributed by atoms with van der Waals surface area (Å²) in [5, 5.41) is 0. The van der Waals surface area contributed by atoms with E-state index in [1.54, 1.807) is 12.5 Å². The maximum absolute atomic E-state index is 5.64. The second-order valence-electron chi connectivity index (χ2n) is 3.96. The van der Waals surface area contributed by atoms with E-state index >= 15 is 0 Å². The van der Waals surface area contributed by atoms with Gasteiger partial charge in [-0.25, -0.2) is 5.43 Å². The molecule has 3 N–H and O–H groups in total. The minimum absolute atomic E-state index is 0.0139. The molecule has 3 heteroatoms. The van der Waals surface area contributed by atoms with Gasteiger partial charge in [0.1, 0.15) is 0 Å². The fourth-order valence-electron chi connectivity index (χ4n) is 2.07. The lowest BCUT2D eigenvalue weighted by atomic mass is 9.93. The van der Waals surface area contributed by atoms with Crippen molar-refractivity contribution < 1.29 is 4.42 Å². The largest absolute Gasteiger partial charge is 0.472 e. The number of benzene rings is 1. The molecule has 0 aliphatic rings. The summed E-state index contributed by atoms with van der Waals surface area (Å²) in [6.45, 7) is 4.18. The van der Waals surface area contributed by atoms with Crippen molar-refractivity contribution in [3.05, 3.63) is 59.0 Å². The molecule has 0 saturated heterocycles. The Morgan fingerprint density at radius 2 is 1.88 bits per heavy atom. The normalized spacial score (nSPS) is 12.7. The van der Waals surface area contributed by atoms with Gasteiger partial charge in [0.05, 0.1) is 18.6 Å². The zero-order valence-electron chi connectivity index (χ0n) is 9.53. The highest BCUT2D eigenvalue weighted by atomic mass is 16.3. The average Bonchev–Trinajstić information content (AvgIpc) is 2.77. The van der Waals surface area contributed by atoms with Crippen LogP contribution in [0.4, 0.5) is 0 Å². The second kappa shape index (κ2) is 4.51. The van der Waals surface area contributed by atoms with Crippen LogP contribution < -0.4 is 11.3 Å². The second-order valence-corrected chi connectivity index (χ2v) is 3.96. The Balaban J connectivity index is 2.49. The SMILES string of the molecule is Cc1cccc(C)c1C(NN)c1ccoc1. The Kier molecular flexibility index (Phi) is 3.08. The van der Waals surface area contributed by atoms with Crippen LogP contribution in [0.5, 0.6) is 0 Å². The monoisotopic (exact) mass is 216 g/mol. The summed E-state index contributed by atoms with van der Waals surface area (Å²) in [6.07, 6.45) is 3.38.